The van der Waals surface area contributed by atoms with Crippen molar-refractivity contribution < 1.29 is 28.6 Å². The number of nitrogens with zero attached hydrogens (tertiary/aromatic N) is 1. The number of hydrogen-bond donors (Lipinski definition) is 1. The number of amides is 4. The second-order valence-corrected chi connectivity index (χ2v) is 9.91. The average molecular weight is 634 g/mol. The minimum Gasteiger partial charge on any atom is -0.494 e. The van der Waals surface area contributed by atoms with Gasteiger partial charge in [0.25, 0.3) is 11.8 Å². The third kappa shape index (κ3) is 6.55. The summed E-state index contributed by atoms with van der Waals surface area (Å²) in [5, 5.41) is 2.57. The van der Waals surface area contributed by atoms with Gasteiger partial charge in [0.2, 0.25) is 0 Å². The smallest absolute Gasteiger partial charge is 0.336 e. The van der Waals surface area contributed by atoms with Gasteiger partial charge < -0.3 is 14.2 Å². The molecule has 11 heteroatoms. The van der Waals surface area contributed by atoms with Crippen LogP contribution >= 0.6 is 39.1 Å². The van der Waals surface area contributed by atoms with E-state index in [0.29, 0.717) is 24.5 Å². The first-order chi connectivity index (χ1) is 18.7. The van der Waals surface area contributed by atoms with Gasteiger partial charge in [0.05, 0.1) is 28.9 Å². The van der Waals surface area contributed by atoms with Crippen LogP contribution in [0, 0.1) is 0 Å². The molecule has 0 radical (unpaired) electrons. The Morgan fingerprint density at radius 2 is 1.56 bits per heavy atom. The molecule has 4 rings (SSSR count). The van der Waals surface area contributed by atoms with Gasteiger partial charge in [-0.2, -0.15) is 0 Å². The van der Waals surface area contributed by atoms with Crippen LogP contribution in [0.3, 0.4) is 0 Å². The Balaban J connectivity index is 1.64. The minimum absolute atomic E-state index is 0.136. The lowest BCUT2D eigenvalue weighted by Crippen LogP contribution is -2.54. The van der Waals surface area contributed by atoms with Crippen molar-refractivity contribution in [2.24, 2.45) is 0 Å². The molecule has 8 nitrogen and oxygen atoms in total. The minimum atomic E-state index is -0.912. The summed E-state index contributed by atoms with van der Waals surface area (Å²) in [6, 6.07) is 14.4. The predicted octanol–water partition coefficient (Wildman–Crippen LogP) is 6.80. The monoisotopic (exact) mass is 632 g/mol. The summed E-state index contributed by atoms with van der Waals surface area (Å²) in [6.45, 7) is 4.48. The summed E-state index contributed by atoms with van der Waals surface area (Å²) in [5.41, 5.74) is 1.11. The fourth-order valence-corrected chi connectivity index (χ4v) is 4.66. The van der Waals surface area contributed by atoms with Crippen molar-refractivity contribution in [3.8, 4) is 17.2 Å². The third-order valence-corrected chi connectivity index (χ3v) is 6.60. The molecule has 4 amide bonds. The fourth-order valence-electron chi connectivity index (χ4n) is 3.79. The maximum absolute atomic E-state index is 13.5. The van der Waals surface area contributed by atoms with Crippen LogP contribution in [0.4, 0.5) is 10.5 Å². The molecule has 3 aromatic carbocycles. The molecule has 1 N–H and O–H groups in total. The van der Waals surface area contributed by atoms with E-state index >= 15 is 0 Å². The molecule has 0 bridgehead atoms. The van der Waals surface area contributed by atoms with Gasteiger partial charge in [-0.15, -0.1) is 0 Å². The number of anilines is 1. The summed E-state index contributed by atoms with van der Waals surface area (Å²) in [5.74, 6) is -0.745. The largest absolute Gasteiger partial charge is 0.494 e. The Morgan fingerprint density at radius 3 is 2.21 bits per heavy atom. The Morgan fingerprint density at radius 1 is 0.897 bits per heavy atom. The van der Waals surface area contributed by atoms with Crippen molar-refractivity contribution in [2.45, 2.75) is 20.5 Å². The van der Waals surface area contributed by atoms with E-state index < -0.39 is 17.8 Å². The Hall–Kier alpha value is -3.53. The number of nitrogens with one attached hydrogen (secondary N) is 1. The van der Waals surface area contributed by atoms with E-state index in [2.05, 4.69) is 21.2 Å². The van der Waals surface area contributed by atoms with Crippen LogP contribution in [0.1, 0.15) is 25.0 Å². The van der Waals surface area contributed by atoms with Gasteiger partial charge in [-0.25, -0.2) is 9.69 Å². The summed E-state index contributed by atoms with van der Waals surface area (Å²) < 4.78 is 17.9. The summed E-state index contributed by atoms with van der Waals surface area (Å²) in [7, 11) is 0. The highest BCUT2D eigenvalue weighted by Crippen LogP contribution is 2.37. The summed E-state index contributed by atoms with van der Waals surface area (Å²) in [4.78, 5) is 39.8. The van der Waals surface area contributed by atoms with Crippen LogP contribution in [0.2, 0.25) is 10.0 Å². The molecule has 39 heavy (non-hydrogen) atoms. The van der Waals surface area contributed by atoms with Crippen LogP contribution in [0.25, 0.3) is 6.08 Å². The normalized spacial score (nSPS) is 14.4. The first kappa shape index (κ1) is 28.5. The Bertz CT molecular complexity index is 1440. The highest BCUT2D eigenvalue weighted by atomic mass is 79.9. The van der Waals surface area contributed by atoms with Gasteiger partial charge in [-0.1, -0.05) is 51.3 Å². The maximum Gasteiger partial charge on any atom is 0.336 e. The van der Waals surface area contributed by atoms with Gasteiger partial charge in [0.15, 0.2) is 5.75 Å². The van der Waals surface area contributed by atoms with Crippen molar-refractivity contribution >= 4 is 68.7 Å². The van der Waals surface area contributed by atoms with Crippen molar-refractivity contribution in [3.05, 3.63) is 85.8 Å². The van der Waals surface area contributed by atoms with E-state index in [1.54, 1.807) is 19.1 Å². The van der Waals surface area contributed by atoms with Crippen LogP contribution in [-0.4, -0.2) is 31.1 Å². The van der Waals surface area contributed by atoms with E-state index in [1.807, 2.05) is 31.2 Å². The van der Waals surface area contributed by atoms with Crippen LogP contribution in [0.15, 0.2) is 64.6 Å². The van der Waals surface area contributed by atoms with E-state index in [4.69, 9.17) is 37.4 Å². The molecule has 0 spiro atoms. The molecule has 1 fully saturated rings. The molecule has 0 aliphatic carbocycles. The number of carbonyl (C=O) groups excluding carboxylic acids is 3. The molecular formula is C28H23BrCl2N2O6. The first-order valence-corrected chi connectivity index (χ1v) is 13.4. The molecule has 0 saturated carbocycles. The topological polar surface area (TPSA) is 94.2 Å². The average Bonchev–Trinajstić information content (AvgIpc) is 2.89. The number of barbiturate groups is 1. The number of imide groups is 2. The van der Waals surface area contributed by atoms with Crippen LogP contribution < -0.4 is 24.4 Å². The van der Waals surface area contributed by atoms with E-state index in [1.165, 1.54) is 24.3 Å². The molecule has 3 aromatic rings. The maximum atomic E-state index is 13.5. The zero-order valence-corrected chi connectivity index (χ0v) is 24.0. The van der Waals surface area contributed by atoms with E-state index in [0.717, 1.165) is 14.9 Å². The zero-order valence-electron chi connectivity index (χ0n) is 20.9. The number of ether oxygens (including phenoxy) is 3. The Labute approximate surface area is 243 Å². The number of halogens is 3. The molecule has 0 atom stereocenters. The fraction of sp³-hybridized carbons (Fsp3) is 0.179. The number of rotatable bonds is 9. The molecule has 0 aromatic heterocycles. The number of hydrogen-bond acceptors (Lipinski definition) is 6. The first-order valence-electron chi connectivity index (χ1n) is 11.9. The zero-order chi connectivity index (χ0) is 28.1. The molecule has 1 saturated heterocycles. The Kier molecular flexibility index (Phi) is 9.16. The second-order valence-electron chi connectivity index (χ2n) is 8.18. The molecular weight excluding hydrogens is 611 g/mol. The SMILES string of the molecule is CCOc1ccc(OCC)c(N2C(=O)NC(=O)/C(=C\c3cc(Cl)c(OCc4ccc(Br)cc4)c(Cl)c3)C2=O)c1. The van der Waals surface area contributed by atoms with Gasteiger partial charge >= 0.3 is 6.03 Å². The van der Waals surface area contributed by atoms with Crippen LogP contribution in [-0.2, 0) is 16.2 Å². The lowest BCUT2D eigenvalue weighted by Gasteiger charge is -2.28. The second kappa shape index (κ2) is 12.5. The summed E-state index contributed by atoms with van der Waals surface area (Å²) in [6.07, 6.45) is 1.31. The van der Waals surface area contributed by atoms with Gasteiger partial charge in [-0.05, 0) is 67.4 Å². The molecule has 1 aliphatic rings. The van der Waals surface area contributed by atoms with Crippen molar-refractivity contribution in [2.75, 3.05) is 18.1 Å². The number of benzene rings is 3. The van der Waals surface area contributed by atoms with E-state index in [-0.39, 0.29) is 39.4 Å². The van der Waals surface area contributed by atoms with Crippen molar-refractivity contribution in [1.29, 1.82) is 0 Å². The van der Waals surface area contributed by atoms with E-state index in [9.17, 15) is 14.4 Å². The number of urea groups is 1. The predicted molar refractivity (Wildman–Crippen MR) is 153 cm³/mol. The quantitative estimate of drug-likeness (QED) is 0.206. The highest BCUT2D eigenvalue weighted by Gasteiger charge is 2.38. The molecule has 1 aliphatic heterocycles. The van der Waals surface area contributed by atoms with Gasteiger partial charge in [-0.3, -0.25) is 14.9 Å². The van der Waals surface area contributed by atoms with Crippen molar-refractivity contribution in [1.82, 2.24) is 5.32 Å². The molecule has 202 valence electrons. The molecule has 0 unspecified atom stereocenters. The third-order valence-electron chi connectivity index (χ3n) is 5.51. The summed E-state index contributed by atoms with van der Waals surface area (Å²) >= 11 is 16.3. The van der Waals surface area contributed by atoms with Gasteiger partial charge in [0.1, 0.15) is 23.7 Å². The lowest BCUT2D eigenvalue weighted by molar-refractivity contribution is -0.122. The van der Waals surface area contributed by atoms with Gasteiger partial charge in [0, 0.05) is 10.5 Å². The molecule has 1 heterocycles. The van der Waals surface area contributed by atoms with Crippen LogP contribution in [0.5, 0.6) is 17.2 Å². The van der Waals surface area contributed by atoms with Crippen molar-refractivity contribution in [3.63, 3.8) is 0 Å². The standard InChI is InChI=1S/C28H23BrCl2N2O6/c1-3-37-19-9-10-24(38-4-2)23(14-19)33-27(35)20(26(34)32-28(33)36)11-17-12-21(30)25(22(31)13-17)39-15-16-5-7-18(29)8-6-16/h5-14H,3-4,15H2,1-2H3,(H,32,34,36)/b20-11+. The lowest BCUT2D eigenvalue weighted by atomic mass is 10.1. The highest BCUT2D eigenvalue weighted by molar-refractivity contribution is 9.10. The number of carbonyl (C=O) groups is 3.